The third-order valence-corrected chi connectivity index (χ3v) is 5.39. The number of methoxy groups -OCH3 is 1. The van der Waals surface area contributed by atoms with Crippen LogP contribution in [0.5, 0.6) is 0 Å². The van der Waals surface area contributed by atoms with Crippen LogP contribution in [-0.4, -0.2) is 42.8 Å². The summed E-state index contributed by atoms with van der Waals surface area (Å²) >= 11 is 0. The van der Waals surface area contributed by atoms with Gasteiger partial charge in [0.25, 0.3) is 0 Å². The van der Waals surface area contributed by atoms with Crippen LogP contribution in [0.4, 0.5) is 0 Å². The lowest BCUT2D eigenvalue weighted by atomic mass is 9.80. The Bertz CT molecular complexity index is 509. The SMILES string of the molecule is COC[C@H]1C(=O)O[C@H]2C[C@@H](C)C3=C(C)C(=O)C[C@@H]3[C@H](O)[C@@H]21. The number of carbonyl (C=O) groups excluding carboxylic acids is 2. The van der Waals surface area contributed by atoms with E-state index in [0.717, 1.165) is 11.1 Å². The molecule has 0 amide bonds. The standard InChI is InChI=1S/C16H22O5/c1-7-4-12-14(10(6-20-3)16(19)21-12)15(18)9-5-11(17)8(2)13(7)9/h7,9-10,12,14-15,18H,4-6H2,1-3H3/t7-,9+,10-,12+,14-,15+/m1/s1. The average Bonchev–Trinajstić information content (AvgIpc) is 2.85. The minimum atomic E-state index is -0.719. The van der Waals surface area contributed by atoms with Gasteiger partial charge in [-0.05, 0) is 24.8 Å². The first-order valence-corrected chi connectivity index (χ1v) is 7.57. The van der Waals surface area contributed by atoms with E-state index in [1.165, 1.54) is 0 Å². The Labute approximate surface area is 124 Å². The molecule has 0 spiro atoms. The van der Waals surface area contributed by atoms with Crippen LogP contribution in [0, 0.1) is 23.7 Å². The fourth-order valence-electron chi connectivity index (χ4n) is 4.44. The maximum Gasteiger partial charge on any atom is 0.312 e. The lowest BCUT2D eigenvalue weighted by Crippen LogP contribution is -2.38. The van der Waals surface area contributed by atoms with Gasteiger partial charge in [0.2, 0.25) is 0 Å². The predicted octanol–water partition coefficient (Wildman–Crippen LogP) is 1.10. The zero-order chi connectivity index (χ0) is 15.3. The molecule has 5 heteroatoms. The largest absolute Gasteiger partial charge is 0.462 e. The van der Waals surface area contributed by atoms with E-state index >= 15 is 0 Å². The smallest absolute Gasteiger partial charge is 0.312 e. The zero-order valence-corrected chi connectivity index (χ0v) is 12.7. The Morgan fingerprint density at radius 2 is 2.10 bits per heavy atom. The van der Waals surface area contributed by atoms with Gasteiger partial charge in [0.05, 0.1) is 18.6 Å². The molecular weight excluding hydrogens is 272 g/mol. The van der Waals surface area contributed by atoms with E-state index in [2.05, 4.69) is 6.92 Å². The molecule has 2 fully saturated rings. The van der Waals surface area contributed by atoms with Gasteiger partial charge in [0, 0.05) is 25.4 Å². The first kappa shape index (κ1) is 14.7. The molecule has 6 atom stereocenters. The van der Waals surface area contributed by atoms with Crippen molar-refractivity contribution < 1.29 is 24.2 Å². The van der Waals surface area contributed by atoms with Gasteiger partial charge in [-0.15, -0.1) is 0 Å². The van der Waals surface area contributed by atoms with Crippen LogP contribution in [0.2, 0.25) is 0 Å². The molecule has 0 bridgehead atoms. The fourth-order valence-corrected chi connectivity index (χ4v) is 4.44. The number of allylic oxidation sites excluding steroid dienone is 1. The minimum Gasteiger partial charge on any atom is -0.462 e. The Morgan fingerprint density at radius 3 is 2.76 bits per heavy atom. The summed E-state index contributed by atoms with van der Waals surface area (Å²) in [5, 5.41) is 10.8. The highest BCUT2D eigenvalue weighted by Gasteiger charge is 2.54. The Hall–Kier alpha value is -1.20. The Balaban J connectivity index is 1.98. The molecule has 116 valence electrons. The van der Waals surface area contributed by atoms with Crippen molar-refractivity contribution >= 4 is 11.8 Å². The number of hydrogen-bond donors (Lipinski definition) is 1. The van der Waals surface area contributed by atoms with E-state index in [4.69, 9.17) is 9.47 Å². The second-order valence-electron chi connectivity index (χ2n) is 6.56. The van der Waals surface area contributed by atoms with Gasteiger partial charge in [-0.1, -0.05) is 12.5 Å². The zero-order valence-electron chi connectivity index (χ0n) is 12.7. The molecule has 3 rings (SSSR count). The van der Waals surface area contributed by atoms with Crippen LogP contribution in [0.3, 0.4) is 0 Å². The van der Waals surface area contributed by atoms with Crippen molar-refractivity contribution in [3.05, 3.63) is 11.1 Å². The summed E-state index contributed by atoms with van der Waals surface area (Å²) in [6.45, 7) is 4.15. The maximum absolute atomic E-state index is 12.0. The summed E-state index contributed by atoms with van der Waals surface area (Å²) < 4.78 is 10.6. The Kier molecular flexibility index (Phi) is 3.66. The molecule has 21 heavy (non-hydrogen) atoms. The number of fused-ring (bicyclic) bond motifs is 2. The lowest BCUT2D eigenvalue weighted by molar-refractivity contribution is -0.145. The molecule has 5 nitrogen and oxygen atoms in total. The van der Waals surface area contributed by atoms with Gasteiger partial charge < -0.3 is 14.6 Å². The quantitative estimate of drug-likeness (QED) is 0.772. The molecule has 3 aliphatic rings. The van der Waals surface area contributed by atoms with E-state index in [1.807, 2.05) is 6.92 Å². The summed E-state index contributed by atoms with van der Waals surface area (Å²) in [4.78, 5) is 24.0. The highest BCUT2D eigenvalue weighted by molar-refractivity contribution is 5.98. The normalized spacial score (nSPS) is 42.7. The first-order chi connectivity index (χ1) is 9.95. The number of ether oxygens (including phenoxy) is 2. The third kappa shape index (κ3) is 2.14. The Morgan fingerprint density at radius 1 is 1.38 bits per heavy atom. The number of ketones is 1. The fraction of sp³-hybridized carbons (Fsp3) is 0.750. The van der Waals surface area contributed by atoms with Crippen molar-refractivity contribution in [2.45, 2.75) is 38.9 Å². The number of carbonyl (C=O) groups is 2. The predicted molar refractivity (Wildman–Crippen MR) is 74.3 cm³/mol. The van der Waals surface area contributed by atoms with E-state index in [-0.39, 0.29) is 42.2 Å². The number of Topliss-reactive ketones (excluding diaryl/α,β-unsaturated/α-hetero) is 1. The van der Waals surface area contributed by atoms with Gasteiger partial charge in [-0.25, -0.2) is 0 Å². The molecule has 1 N–H and O–H groups in total. The molecule has 1 aliphatic heterocycles. The third-order valence-electron chi connectivity index (χ3n) is 5.39. The number of esters is 1. The monoisotopic (exact) mass is 294 g/mol. The molecule has 1 saturated carbocycles. The molecule has 0 aromatic rings. The topological polar surface area (TPSA) is 72.8 Å². The number of rotatable bonds is 2. The molecule has 2 aliphatic carbocycles. The lowest BCUT2D eigenvalue weighted by Gasteiger charge is -2.27. The molecule has 0 aromatic heterocycles. The summed E-state index contributed by atoms with van der Waals surface area (Å²) in [6.07, 6.45) is 0.0279. The second kappa shape index (κ2) is 5.21. The van der Waals surface area contributed by atoms with E-state index in [9.17, 15) is 14.7 Å². The van der Waals surface area contributed by atoms with Crippen LogP contribution < -0.4 is 0 Å². The van der Waals surface area contributed by atoms with Crippen molar-refractivity contribution in [1.82, 2.24) is 0 Å². The van der Waals surface area contributed by atoms with Crippen LogP contribution >= 0.6 is 0 Å². The average molecular weight is 294 g/mol. The van der Waals surface area contributed by atoms with Gasteiger partial charge in [-0.3, -0.25) is 9.59 Å². The highest BCUT2D eigenvalue weighted by atomic mass is 16.6. The molecule has 1 saturated heterocycles. The second-order valence-corrected chi connectivity index (χ2v) is 6.56. The van der Waals surface area contributed by atoms with Crippen LogP contribution in [0.1, 0.15) is 26.7 Å². The van der Waals surface area contributed by atoms with E-state index < -0.39 is 12.0 Å². The highest BCUT2D eigenvalue weighted by Crippen LogP contribution is 2.48. The summed E-state index contributed by atoms with van der Waals surface area (Å²) in [7, 11) is 1.54. The summed E-state index contributed by atoms with van der Waals surface area (Å²) in [5.41, 5.74) is 1.86. The van der Waals surface area contributed by atoms with Crippen LogP contribution in [0.25, 0.3) is 0 Å². The van der Waals surface area contributed by atoms with Gasteiger partial charge >= 0.3 is 5.97 Å². The number of aliphatic hydroxyl groups is 1. The minimum absolute atomic E-state index is 0.118. The van der Waals surface area contributed by atoms with Crippen molar-refractivity contribution in [2.75, 3.05) is 13.7 Å². The summed E-state index contributed by atoms with van der Waals surface area (Å²) in [5.74, 6) is -0.894. The summed E-state index contributed by atoms with van der Waals surface area (Å²) in [6, 6.07) is 0. The molecule has 0 aromatic carbocycles. The van der Waals surface area contributed by atoms with Crippen LogP contribution in [0.15, 0.2) is 11.1 Å². The van der Waals surface area contributed by atoms with Crippen molar-refractivity contribution in [3.63, 3.8) is 0 Å². The van der Waals surface area contributed by atoms with Gasteiger partial charge in [-0.2, -0.15) is 0 Å². The molecule has 1 heterocycles. The van der Waals surface area contributed by atoms with Crippen molar-refractivity contribution in [1.29, 1.82) is 0 Å². The van der Waals surface area contributed by atoms with E-state index in [0.29, 0.717) is 12.8 Å². The van der Waals surface area contributed by atoms with Crippen LogP contribution in [-0.2, 0) is 19.1 Å². The molecular formula is C16H22O5. The molecule has 0 radical (unpaired) electrons. The maximum atomic E-state index is 12.0. The number of aliphatic hydroxyl groups excluding tert-OH is 1. The number of hydrogen-bond acceptors (Lipinski definition) is 5. The van der Waals surface area contributed by atoms with Gasteiger partial charge in [0.1, 0.15) is 6.10 Å². The first-order valence-electron chi connectivity index (χ1n) is 7.57. The van der Waals surface area contributed by atoms with Crippen molar-refractivity contribution in [2.24, 2.45) is 23.7 Å². The molecule has 0 unspecified atom stereocenters. The van der Waals surface area contributed by atoms with E-state index in [1.54, 1.807) is 7.11 Å². The van der Waals surface area contributed by atoms with Crippen molar-refractivity contribution in [3.8, 4) is 0 Å². The van der Waals surface area contributed by atoms with Gasteiger partial charge in [0.15, 0.2) is 5.78 Å².